The van der Waals surface area contributed by atoms with Crippen molar-refractivity contribution in [3.8, 4) is 5.75 Å². The first-order valence-corrected chi connectivity index (χ1v) is 8.57. The van der Waals surface area contributed by atoms with E-state index in [0.29, 0.717) is 17.8 Å². The number of benzene rings is 1. The Morgan fingerprint density at radius 3 is 2.89 bits per heavy atom. The summed E-state index contributed by atoms with van der Waals surface area (Å²) in [5.41, 5.74) is 1.01. The van der Waals surface area contributed by atoms with Crippen molar-refractivity contribution in [2.45, 2.75) is 32.0 Å². The first-order chi connectivity index (χ1) is 12.9. The van der Waals surface area contributed by atoms with E-state index in [1.54, 1.807) is 24.3 Å². The average molecular weight is 366 g/mol. The molecule has 0 radical (unpaired) electrons. The van der Waals surface area contributed by atoms with E-state index in [4.69, 9.17) is 18.3 Å². The van der Waals surface area contributed by atoms with Crippen molar-refractivity contribution in [2.24, 2.45) is 0 Å². The van der Waals surface area contributed by atoms with E-state index in [0.717, 1.165) is 16.5 Å². The lowest BCUT2D eigenvalue weighted by Gasteiger charge is -2.39. The highest BCUT2D eigenvalue weighted by molar-refractivity contribution is 5.87. The van der Waals surface area contributed by atoms with Crippen LogP contribution in [0.2, 0.25) is 0 Å². The van der Waals surface area contributed by atoms with Gasteiger partial charge in [-0.1, -0.05) is 0 Å². The minimum Gasteiger partial charge on any atom is -0.484 e. The molecule has 27 heavy (non-hydrogen) atoms. The van der Waals surface area contributed by atoms with E-state index in [1.807, 2.05) is 19.9 Å². The van der Waals surface area contributed by atoms with E-state index in [-0.39, 0.29) is 0 Å². The van der Waals surface area contributed by atoms with Crippen LogP contribution in [-0.4, -0.2) is 17.7 Å². The fourth-order valence-electron chi connectivity index (χ4n) is 3.09. The number of ether oxygens (including phenoxy) is 2. The Morgan fingerprint density at radius 1 is 1.26 bits per heavy atom. The van der Waals surface area contributed by atoms with Gasteiger partial charge in [-0.3, -0.25) is 0 Å². The Morgan fingerprint density at radius 2 is 2.11 bits per heavy atom. The first-order valence-electron chi connectivity index (χ1n) is 8.57. The lowest BCUT2D eigenvalue weighted by molar-refractivity contribution is -0.155. The molecular weight excluding hydrogens is 348 g/mol. The van der Waals surface area contributed by atoms with E-state index in [9.17, 15) is 9.59 Å². The van der Waals surface area contributed by atoms with Crippen LogP contribution in [0.5, 0.6) is 5.75 Å². The lowest BCUT2D eigenvalue weighted by atomic mass is 9.90. The van der Waals surface area contributed by atoms with E-state index in [1.165, 1.54) is 24.7 Å². The Bertz CT molecular complexity index is 1070. The topological polar surface area (TPSA) is 78.9 Å². The molecule has 3 aromatic rings. The Kier molecular flexibility index (Phi) is 4.11. The monoisotopic (exact) mass is 366 g/mol. The summed E-state index contributed by atoms with van der Waals surface area (Å²) in [7, 11) is 0. The zero-order chi connectivity index (χ0) is 19.0. The summed E-state index contributed by atoms with van der Waals surface area (Å²) < 4.78 is 21.9. The van der Waals surface area contributed by atoms with Gasteiger partial charge in [0, 0.05) is 35.6 Å². The molecule has 0 unspecified atom stereocenters. The predicted octanol–water partition coefficient (Wildman–Crippen LogP) is 3.72. The SMILES string of the molecule is CC1(C)Oc2cc3oc(=O)ccc3cc2C[C@@H]1OC(=O)/C=C/c1ccoc1. The fourth-order valence-corrected chi connectivity index (χ4v) is 3.09. The normalized spacial score (nSPS) is 18.2. The summed E-state index contributed by atoms with van der Waals surface area (Å²) in [5.74, 6) is 0.177. The number of fused-ring (bicyclic) bond motifs is 2. The van der Waals surface area contributed by atoms with Gasteiger partial charge in [0.15, 0.2) is 0 Å². The molecular formula is C21H18O6. The zero-order valence-electron chi connectivity index (χ0n) is 14.9. The van der Waals surface area contributed by atoms with Crippen LogP contribution in [0.25, 0.3) is 17.0 Å². The van der Waals surface area contributed by atoms with Gasteiger partial charge in [0.05, 0.1) is 12.5 Å². The van der Waals surface area contributed by atoms with Crippen molar-refractivity contribution < 1.29 is 23.1 Å². The quantitative estimate of drug-likeness (QED) is 0.399. The molecule has 0 spiro atoms. The van der Waals surface area contributed by atoms with Crippen molar-refractivity contribution in [3.05, 3.63) is 70.5 Å². The fraction of sp³-hybridized carbons (Fsp3) is 0.238. The van der Waals surface area contributed by atoms with Gasteiger partial charge in [0.25, 0.3) is 0 Å². The van der Waals surface area contributed by atoms with Crippen molar-refractivity contribution in [3.63, 3.8) is 0 Å². The second-order valence-electron chi connectivity index (χ2n) is 6.98. The predicted molar refractivity (Wildman–Crippen MR) is 98.5 cm³/mol. The molecule has 0 aliphatic carbocycles. The van der Waals surface area contributed by atoms with Crippen LogP contribution in [0.4, 0.5) is 0 Å². The third kappa shape index (κ3) is 3.51. The summed E-state index contributed by atoms with van der Waals surface area (Å²) in [6.07, 6.45) is 6.11. The Balaban J connectivity index is 1.57. The van der Waals surface area contributed by atoms with Gasteiger partial charge in [-0.25, -0.2) is 9.59 Å². The molecule has 2 aromatic heterocycles. The van der Waals surface area contributed by atoms with Gasteiger partial charge in [0.2, 0.25) is 0 Å². The van der Waals surface area contributed by atoms with Gasteiger partial charge >= 0.3 is 11.6 Å². The summed E-state index contributed by atoms with van der Waals surface area (Å²) in [6.45, 7) is 3.72. The third-order valence-corrected chi connectivity index (χ3v) is 4.57. The largest absolute Gasteiger partial charge is 0.484 e. The highest BCUT2D eigenvalue weighted by Gasteiger charge is 2.39. The maximum Gasteiger partial charge on any atom is 0.336 e. The zero-order valence-corrected chi connectivity index (χ0v) is 14.9. The van der Waals surface area contributed by atoms with E-state index >= 15 is 0 Å². The van der Waals surface area contributed by atoms with Gasteiger partial charge in [-0.2, -0.15) is 0 Å². The molecule has 1 aromatic carbocycles. The standard InChI is InChI=1S/C21H18O6/c1-21(2)18(26-20(23)5-3-13-7-8-24-12-13)10-15-9-14-4-6-19(22)25-16(14)11-17(15)27-21/h3-9,11-12,18H,10H2,1-2H3/b5-3+/t18-/m0/s1. The molecule has 3 heterocycles. The molecule has 0 amide bonds. The minimum atomic E-state index is -0.727. The molecule has 4 rings (SSSR count). The minimum absolute atomic E-state index is 0.409. The van der Waals surface area contributed by atoms with Crippen LogP contribution in [0, 0.1) is 0 Å². The van der Waals surface area contributed by atoms with Crippen LogP contribution >= 0.6 is 0 Å². The highest BCUT2D eigenvalue weighted by Crippen LogP contribution is 2.37. The van der Waals surface area contributed by atoms with Crippen LogP contribution < -0.4 is 10.4 Å². The van der Waals surface area contributed by atoms with Crippen molar-refractivity contribution >= 4 is 23.0 Å². The van der Waals surface area contributed by atoms with Gasteiger partial charge in [-0.15, -0.1) is 0 Å². The molecule has 1 atom stereocenters. The molecule has 6 nitrogen and oxygen atoms in total. The highest BCUT2D eigenvalue weighted by atomic mass is 16.6. The summed E-state index contributed by atoms with van der Waals surface area (Å²) in [5, 5.41) is 0.793. The van der Waals surface area contributed by atoms with Crippen molar-refractivity contribution in [1.29, 1.82) is 0 Å². The average Bonchev–Trinajstić information content (AvgIpc) is 3.12. The molecule has 1 aliphatic rings. The van der Waals surface area contributed by atoms with E-state index in [2.05, 4.69) is 0 Å². The van der Waals surface area contributed by atoms with Gasteiger partial charge in [0.1, 0.15) is 23.0 Å². The summed E-state index contributed by atoms with van der Waals surface area (Å²) in [4.78, 5) is 23.6. The Hall–Kier alpha value is -3.28. The number of carbonyl (C=O) groups excluding carboxylic acids is 1. The molecule has 0 bridgehead atoms. The van der Waals surface area contributed by atoms with Crippen LogP contribution in [0.3, 0.4) is 0 Å². The van der Waals surface area contributed by atoms with Gasteiger partial charge in [-0.05, 0) is 43.7 Å². The molecule has 6 heteroatoms. The van der Waals surface area contributed by atoms with Crippen molar-refractivity contribution in [2.75, 3.05) is 0 Å². The molecule has 0 N–H and O–H groups in total. The molecule has 0 saturated carbocycles. The Labute approximate surface area is 155 Å². The second-order valence-corrected chi connectivity index (χ2v) is 6.98. The number of hydrogen-bond acceptors (Lipinski definition) is 6. The van der Waals surface area contributed by atoms with E-state index < -0.39 is 23.3 Å². The first kappa shape index (κ1) is 17.1. The van der Waals surface area contributed by atoms with Crippen molar-refractivity contribution in [1.82, 2.24) is 0 Å². The van der Waals surface area contributed by atoms with Gasteiger partial charge < -0.3 is 18.3 Å². The second kappa shape index (κ2) is 6.46. The molecule has 0 fully saturated rings. The maximum atomic E-state index is 12.2. The van der Waals surface area contributed by atoms with Crippen LogP contribution in [0.15, 0.2) is 62.6 Å². The molecule has 1 aliphatic heterocycles. The maximum absolute atomic E-state index is 12.2. The lowest BCUT2D eigenvalue weighted by Crippen LogP contribution is -2.48. The van der Waals surface area contributed by atoms with Crippen LogP contribution in [-0.2, 0) is 16.0 Å². The molecule has 0 saturated heterocycles. The third-order valence-electron chi connectivity index (χ3n) is 4.57. The number of hydrogen-bond donors (Lipinski definition) is 0. The summed E-state index contributed by atoms with van der Waals surface area (Å²) in [6, 6.07) is 8.43. The smallest absolute Gasteiger partial charge is 0.336 e. The number of furan rings is 1. The molecule has 138 valence electrons. The number of esters is 1. The van der Waals surface area contributed by atoms with Crippen LogP contribution in [0.1, 0.15) is 25.0 Å². The summed E-state index contributed by atoms with van der Waals surface area (Å²) >= 11 is 0. The number of rotatable bonds is 3. The number of carbonyl (C=O) groups is 1.